The number of carbonyl (C=O) groups is 1. The summed E-state index contributed by atoms with van der Waals surface area (Å²) in [6.45, 7) is 3.08. The van der Waals surface area contributed by atoms with E-state index in [-0.39, 0.29) is 10.8 Å². The SMILES string of the molecule is CON(C)S(=O)(=O)c1ccc(C(=O)N2CCOc3ccc(-c4ccc5nc(C)[nH]c5c4)cc3C2)cc1. The minimum atomic E-state index is -3.79. The van der Waals surface area contributed by atoms with Crippen molar-refractivity contribution in [2.75, 3.05) is 27.3 Å². The predicted molar refractivity (Wildman–Crippen MR) is 135 cm³/mol. The molecule has 0 aliphatic carbocycles. The van der Waals surface area contributed by atoms with Gasteiger partial charge < -0.3 is 14.6 Å². The van der Waals surface area contributed by atoms with Crippen LogP contribution in [0.1, 0.15) is 21.7 Å². The Bertz CT molecular complexity index is 1550. The number of hydroxylamine groups is 1. The first-order valence-corrected chi connectivity index (χ1v) is 12.8. The molecule has 4 aromatic rings. The molecule has 1 aliphatic heterocycles. The quantitative estimate of drug-likeness (QED) is 0.414. The number of aromatic amines is 1. The number of benzene rings is 3. The van der Waals surface area contributed by atoms with Gasteiger partial charge in [0.15, 0.2) is 0 Å². The number of aromatic nitrogens is 2. The molecule has 0 radical (unpaired) electrons. The Morgan fingerprint density at radius 1 is 1.08 bits per heavy atom. The van der Waals surface area contributed by atoms with Gasteiger partial charge in [0.1, 0.15) is 18.2 Å². The van der Waals surface area contributed by atoms with Gasteiger partial charge in [0.05, 0.1) is 29.6 Å². The van der Waals surface area contributed by atoms with Gasteiger partial charge in [-0.1, -0.05) is 16.6 Å². The Morgan fingerprint density at radius 3 is 2.56 bits per heavy atom. The maximum Gasteiger partial charge on any atom is 0.264 e. The Hall–Kier alpha value is -3.73. The van der Waals surface area contributed by atoms with Crippen LogP contribution in [0, 0.1) is 6.92 Å². The maximum atomic E-state index is 13.3. The van der Waals surface area contributed by atoms with Gasteiger partial charge in [-0.05, 0) is 66.6 Å². The molecule has 0 unspecified atom stereocenters. The molecule has 1 aliphatic rings. The minimum absolute atomic E-state index is 0.0435. The summed E-state index contributed by atoms with van der Waals surface area (Å²) in [6, 6.07) is 17.9. The number of imidazole rings is 1. The highest BCUT2D eigenvalue weighted by molar-refractivity contribution is 7.89. The van der Waals surface area contributed by atoms with E-state index in [0.29, 0.717) is 25.3 Å². The van der Waals surface area contributed by atoms with Crippen LogP contribution in [0.2, 0.25) is 0 Å². The van der Waals surface area contributed by atoms with Gasteiger partial charge in [0.2, 0.25) is 0 Å². The van der Waals surface area contributed by atoms with Crippen LogP contribution >= 0.6 is 0 Å². The van der Waals surface area contributed by atoms with Crippen molar-refractivity contribution in [3.8, 4) is 16.9 Å². The van der Waals surface area contributed by atoms with Crippen LogP contribution < -0.4 is 4.74 Å². The Morgan fingerprint density at radius 2 is 1.81 bits per heavy atom. The number of carbonyl (C=O) groups excluding carboxylic acids is 1. The number of hydrogen-bond donors (Lipinski definition) is 1. The average Bonchev–Trinajstić information content (AvgIpc) is 3.13. The average molecular weight is 507 g/mol. The first kappa shape index (κ1) is 24.0. The van der Waals surface area contributed by atoms with Crippen LogP contribution in [0.5, 0.6) is 5.75 Å². The van der Waals surface area contributed by atoms with Gasteiger partial charge >= 0.3 is 0 Å². The largest absolute Gasteiger partial charge is 0.491 e. The summed E-state index contributed by atoms with van der Waals surface area (Å²) in [5, 5.41) is 0. The molecular formula is C26H26N4O5S. The first-order chi connectivity index (χ1) is 17.3. The number of amides is 1. The summed E-state index contributed by atoms with van der Waals surface area (Å²) in [7, 11) is -1.20. The number of aryl methyl sites for hydroxylation is 1. The van der Waals surface area contributed by atoms with Crippen LogP contribution in [-0.4, -0.2) is 61.0 Å². The van der Waals surface area contributed by atoms with Crippen LogP contribution in [0.3, 0.4) is 0 Å². The molecule has 0 fully saturated rings. The van der Waals surface area contributed by atoms with E-state index in [2.05, 4.69) is 16.0 Å². The summed E-state index contributed by atoms with van der Waals surface area (Å²) in [4.78, 5) is 27.6. The van der Waals surface area contributed by atoms with Crippen LogP contribution in [0.25, 0.3) is 22.2 Å². The fraction of sp³-hybridized carbons (Fsp3) is 0.231. The topological polar surface area (TPSA) is 105 Å². The molecule has 186 valence electrons. The van der Waals surface area contributed by atoms with E-state index in [4.69, 9.17) is 9.57 Å². The van der Waals surface area contributed by atoms with E-state index in [1.807, 2.05) is 37.3 Å². The van der Waals surface area contributed by atoms with Gasteiger partial charge in [-0.3, -0.25) is 9.63 Å². The standard InChI is InChI=1S/C26H26N4O5S/c1-17-27-23-10-6-20(15-24(23)28-17)19-7-11-25-21(14-19)16-30(12-13-35-25)26(31)18-4-8-22(9-5-18)36(32,33)29(2)34-3/h4-11,14-15H,12-13,16H2,1-3H3,(H,27,28). The summed E-state index contributed by atoms with van der Waals surface area (Å²) in [5.41, 5.74) is 5.23. The highest BCUT2D eigenvalue weighted by atomic mass is 32.2. The number of nitrogens with one attached hydrogen (secondary N) is 1. The summed E-state index contributed by atoms with van der Waals surface area (Å²) in [5.74, 6) is 1.41. The van der Waals surface area contributed by atoms with Crippen molar-refractivity contribution in [1.82, 2.24) is 19.3 Å². The van der Waals surface area contributed by atoms with E-state index in [0.717, 1.165) is 43.8 Å². The molecule has 5 rings (SSSR count). The van der Waals surface area contributed by atoms with E-state index >= 15 is 0 Å². The molecule has 3 aromatic carbocycles. The second-order valence-electron chi connectivity index (χ2n) is 8.57. The molecule has 1 aromatic heterocycles. The number of ether oxygens (including phenoxy) is 1. The van der Waals surface area contributed by atoms with Gasteiger partial charge in [0, 0.05) is 24.7 Å². The second-order valence-corrected chi connectivity index (χ2v) is 10.5. The fourth-order valence-electron chi connectivity index (χ4n) is 4.26. The fourth-order valence-corrected chi connectivity index (χ4v) is 5.24. The lowest BCUT2D eigenvalue weighted by atomic mass is 10.0. The normalized spacial score (nSPS) is 13.9. The van der Waals surface area contributed by atoms with Gasteiger partial charge in [-0.15, -0.1) is 0 Å². The van der Waals surface area contributed by atoms with E-state index in [9.17, 15) is 13.2 Å². The summed E-state index contributed by atoms with van der Waals surface area (Å²) in [6.07, 6.45) is 0. The Balaban J connectivity index is 1.39. The molecule has 0 atom stereocenters. The number of sulfonamides is 1. The number of H-pyrrole nitrogens is 1. The molecule has 36 heavy (non-hydrogen) atoms. The molecule has 0 saturated carbocycles. The third-order valence-corrected chi connectivity index (χ3v) is 7.95. The minimum Gasteiger partial charge on any atom is -0.491 e. The molecule has 9 nitrogen and oxygen atoms in total. The van der Waals surface area contributed by atoms with Crippen molar-refractivity contribution in [3.05, 3.63) is 77.6 Å². The van der Waals surface area contributed by atoms with Crippen LogP contribution in [0.4, 0.5) is 0 Å². The van der Waals surface area contributed by atoms with Crippen molar-refractivity contribution in [1.29, 1.82) is 0 Å². The number of hydrogen-bond acceptors (Lipinski definition) is 6. The monoisotopic (exact) mass is 506 g/mol. The zero-order valence-corrected chi connectivity index (χ0v) is 21.0. The maximum absolute atomic E-state index is 13.3. The zero-order valence-electron chi connectivity index (χ0n) is 20.2. The highest BCUT2D eigenvalue weighted by Crippen LogP contribution is 2.31. The number of nitrogens with zero attached hydrogens (tertiary/aromatic N) is 3. The van der Waals surface area contributed by atoms with Gasteiger partial charge in [0.25, 0.3) is 15.9 Å². The third kappa shape index (κ3) is 4.46. The van der Waals surface area contributed by atoms with Gasteiger partial charge in [-0.25, -0.2) is 13.4 Å². The third-order valence-electron chi connectivity index (χ3n) is 6.26. The van der Waals surface area contributed by atoms with E-state index in [1.165, 1.54) is 38.4 Å². The van der Waals surface area contributed by atoms with Crippen molar-refractivity contribution >= 4 is 27.0 Å². The molecule has 2 heterocycles. The van der Waals surface area contributed by atoms with Crippen molar-refractivity contribution in [2.24, 2.45) is 0 Å². The smallest absolute Gasteiger partial charge is 0.264 e. The first-order valence-electron chi connectivity index (χ1n) is 11.4. The number of rotatable bonds is 5. The van der Waals surface area contributed by atoms with Crippen molar-refractivity contribution < 1.29 is 22.8 Å². The van der Waals surface area contributed by atoms with E-state index < -0.39 is 10.0 Å². The Labute approximate surface area is 209 Å². The molecule has 0 bridgehead atoms. The lowest BCUT2D eigenvalue weighted by Gasteiger charge is -2.20. The summed E-state index contributed by atoms with van der Waals surface area (Å²) >= 11 is 0. The zero-order chi connectivity index (χ0) is 25.4. The Kier molecular flexibility index (Phi) is 6.25. The van der Waals surface area contributed by atoms with Crippen LogP contribution in [0.15, 0.2) is 65.6 Å². The van der Waals surface area contributed by atoms with Crippen molar-refractivity contribution in [2.45, 2.75) is 18.4 Å². The molecule has 1 amide bonds. The lowest BCUT2D eigenvalue weighted by molar-refractivity contribution is -0.0258. The lowest BCUT2D eigenvalue weighted by Crippen LogP contribution is -2.32. The van der Waals surface area contributed by atoms with Crippen molar-refractivity contribution in [3.63, 3.8) is 0 Å². The second kappa shape index (κ2) is 9.38. The molecule has 1 N–H and O–H groups in total. The summed E-state index contributed by atoms with van der Waals surface area (Å²) < 4.78 is 31.6. The number of fused-ring (bicyclic) bond motifs is 2. The molecule has 0 spiro atoms. The molecular weight excluding hydrogens is 480 g/mol. The van der Waals surface area contributed by atoms with Gasteiger partial charge in [-0.2, -0.15) is 0 Å². The predicted octanol–water partition coefficient (Wildman–Crippen LogP) is 3.76. The van der Waals surface area contributed by atoms with Crippen LogP contribution in [-0.2, 0) is 21.4 Å². The van der Waals surface area contributed by atoms with E-state index in [1.54, 1.807) is 4.90 Å². The molecule has 10 heteroatoms. The molecule has 0 saturated heterocycles. The highest BCUT2D eigenvalue weighted by Gasteiger charge is 2.24.